The van der Waals surface area contributed by atoms with Crippen LogP contribution in [0.1, 0.15) is 18.0 Å². The van der Waals surface area contributed by atoms with Crippen molar-refractivity contribution < 1.29 is 10.2 Å². The number of nitrogen functional groups attached to an aromatic ring is 1. The summed E-state index contributed by atoms with van der Waals surface area (Å²) in [6.45, 7) is 0.0340. The summed E-state index contributed by atoms with van der Waals surface area (Å²) in [7, 11) is 0. The normalized spacial score (nSPS) is 12.8. The summed E-state index contributed by atoms with van der Waals surface area (Å²) < 4.78 is 0. The zero-order valence-corrected chi connectivity index (χ0v) is 7.27. The highest BCUT2D eigenvalue weighted by Gasteiger charge is 2.06. The maximum absolute atomic E-state index is 9.27. The van der Waals surface area contributed by atoms with Crippen molar-refractivity contribution in [3.63, 3.8) is 0 Å². The molecule has 1 aromatic rings. The van der Waals surface area contributed by atoms with Gasteiger partial charge in [-0.15, -0.1) is 0 Å². The minimum atomic E-state index is -0.253. The molecule has 0 radical (unpaired) electrons. The summed E-state index contributed by atoms with van der Waals surface area (Å²) >= 11 is 0. The monoisotopic (exact) mass is 182 g/mol. The number of aromatic hydroxyl groups is 1. The lowest BCUT2D eigenvalue weighted by atomic mass is 10.0. The third-order valence-corrected chi connectivity index (χ3v) is 1.92. The fraction of sp³-hybridized carbons (Fsp3) is 0.333. The van der Waals surface area contributed by atoms with Crippen molar-refractivity contribution in [2.45, 2.75) is 12.5 Å². The quantitative estimate of drug-likeness (QED) is 0.401. The number of hydrogen-bond acceptors (Lipinski definition) is 4. The lowest BCUT2D eigenvalue weighted by molar-refractivity contribution is 0.276. The van der Waals surface area contributed by atoms with Crippen LogP contribution in [0, 0.1) is 0 Å². The highest BCUT2D eigenvalue weighted by atomic mass is 16.3. The third kappa shape index (κ3) is 2.34. The summed E-state index contributed by atoms with van der Waals surface area (Å²) in [5.41, 5.74) is 12.2. The zero-order chi connectivity index (χ0) is 9.84. The number of hydrogen-bond donors (Lipinski definition) is 4. The van der Waals surface area contributed by atoms with Gasteiger partial charge in [0.25, 0.3) is 0 Å². The van der Waals surface area contributed by atoms with Crippen LogP contribution >= 0.6 is 0 Å². The van der Waals surface area contributed by atoms with E-state index in [1.165, 1.54) is 6.07 Å². The fourth-order valence-corrected chi connectivity index (χ4v) is 1.10. The Morgan fingerprint density at radius 3 is 2.62 bits per heavy atom. The molecule has 0 spiro atoms. The van der Waals surface area contributed by atoms with E-state index in [-0.39, 0.29) is 18.4 Å². The Hall–Kier alpha value is -1.26. The predicted molar refractivity (Wildman–Crippen MR) is 51.2 cm³/mol. The van der Waals surface area contributed by atoms with Crippen molar-refractivity contribution in [1.29, 1.82) is 0 Å². The SMILES string of the molecule is Nc1ccc(C(N)CCO)cc1O. The van der Waals surface area contributed by atoms with Gasteiger partial charge >= 0.3 is 0 Å². The van der Waals surface area contributed by atoms with Gasteiger partial charge in [0.1, 0.15) is 5.75 Å². The number of nitrogens with two attached hydrogens (primary N) is 2. The maximum Gasteiger partial charge on any atom is 0.138 e. The Bertz CT molecular complexity index is 289. The molecule has 0 aliphatic carbocycles. The van der Waals surface area contributed by atoms with E-state index in [1.807, 2.05) is 0 Å². The van der Waals surface area contributed by atoms with Crippen LogP contribution in [-0.4, -0.2) is 16.8 Å². The van der Waals surface area contributed by atoms with Crippen LogP contribution in [0.2, 0.25) is 0 Å². The van der Waals surface area contributed by atoms with Crippen LogP contribution in [0.25, 0.3) is 0 Å². The molecule has 0 heterocycles. The van der Waals surface area contributed by atoms with Gasteiger partial charge in [0.15, 0.2) is 0 Å². The smallest absolute Gasteiger partial charge is 0.138 e. The van der Waals surface area contributed by atoms with Gasteiger partial charge in [-0.2, -0.15) is 0 Å². The minimum absolute atomic E-state index is 0.0332. The molecule has 4 nitrogen and oxygen atoms in total. The van der Waals surface area contributed by atoms with Crippen molar-refractivity contribution in [3.8, 4) is 5.75 Å². The van der Waals surface area contributed by atoms with Crippen molar-refractivity contribution in [1.82, 2.24) is 0 Å². The van der Waals surface area contributed by atoms with Gasteiger partial charge in [-0.1, -0.05) is 6.07 Å². The van der Waals surface area contributed by atoms with E-state index in [0.717, 1.165) is 5.56 Å². The van der Waals surface area contributed by atoms with Crippen LogP contribution in [0.15, 0.2) is 18.2 Å². The number of rotatable bonds is 3. The minimum Gasteiger partial charge on any atom is -0.506 e. The number of phenols is 1. The number of aliphatic hydroxyl groups excluding tert-OH is 1. The summed E-state index contributed by atoms with van der Waals surface area (Å²) in [5.74, 6) is 0.0332. The van der Waals surface area contributed by atoms with E-state index in [4.69, 9.17) is 16.6 Å². The molecule has 0 aliphatic rings. The molecule has 1 atom stereocenters. The number of phenolic OH excluding ortho intramolecular Hbond substituents is 1. The van der Waals surface area contributed by atoms with E-state index in [9.17, 15) is 5.11 Å². The second kappa shape index (κ2) is 4.11. The highest BCUT2D eigenvalue weighted by Crippen LogP contribution is 2.24. The molecule has 1 aromatic carbocycles. The molecule has 0 aromatic heterocycles. The molecule has 1 unspecified atom stereocenters. The molecule has 0 fully saturated rings. The summed E-state index contributed by atoms with van der Waals surface area (Å²) in [4.78, 5) is 0. The zero-order valence-electron chi connectivity index (χ0n) is 7.27. The first kappa shape index (κ1) is 9.83. The van der Waals surface area contributed by atoms with Crippen molar-refractivity contribution in [2.75, 3.05) is 12.3 Å². The Balaban J connectivity index is 2.84. The Morgan fingerprint density at radius 1 is 1.38 bits per heavy atom. The predicted octanol–water partition coefficient (Wildman–Crippen LogP) is 0.357. The van der Waals surface area contributed by atoms with Crippen LogP contribution in [0.5, 0.6) is 5.75 Å². The van der Waals surface area contributed by atoms with E-state index in [2.05, 4.69) is 0 Å². The topological polar surface area (TPSA) is 92.5 Å². The Kier molecular flexibility index (Phi) is 3.11. The van der Waals surface area contributed by atoms with Crippen molar-refractivity contribution in [2.24, 2.45) is 5.73 Å². The molecular weight excluding hydrogens is 168 g/mol. The van der Waals surface area contributed by atoms with Crippen LogP contribution in [0.3, 0.4) is 0 Å². The lowest BCUT2D eigenvalue weighted by Gasteiger charge is -2.11. The molecule has 0 bridgehead atoms. The Morgan fingerprint density at radius 2 is 2.08 bits per heavy atom. The maximum atomic E-state index is 9.27. The largest absolute Gasteiger partial charge is 0.506 e. The van der Waals surface area contributed by atoms with E-state index in [0.29, 0.717) is 12.1 Å². The molecular formula is C9H14N2O2. The van der Waals surface area contributed by atoms with Gasteiger partial charge in [0.05, 0.1) is 5.69 Å². The van der Waals surface area contributed by atoms with E-state index < -0.39 is 0 Å². The van der Waals surface area contributed by atoms with Gasteiger partial charge in [-0.05, 0) is 24.1 Å². The molecule has 72 valence electrons. The van der Waals surface area contributed by atoms with Gasteiger partial charge < -0.3 is 21.7 Å². The molecule has 0 saturated heterocycles. The molecule has 0 amide bonds. The number of anilines is 1. The number of aliphatic hydroxyl groups is 1. The number of benzene rings is 1. The standard InChI is InChI=1S/C9H14N2O2/c10-7(3-4-12)6-1-2-8(11)9(13)5-6/h1-2,5,7,12-13H,3-4,10-11H2. The average molecular weight is 182 g/mol. The molecule has 6 N–H and O–H groups in total. The Labute approximate surface area is 76.8 Å². The fourth-order valence-electron chi connectivity index (χ4n) is 1.10. The summed E-state index contributed by atoms with van der Waals surface area (Å²) in [5, 5.41) is 17.9. The van der Waals surface area contributed by atoms with Gasteiger partial charge in [0, 0.05) is 12.6 Å². The van der Waals surface area contributed by atoms with Crippen LogP contribution < -0.4 is 11.5 Å². The van der Waals surface area contributed by atoms with Crippen molar-refractivity contribution in [3.05, 3.63) is 23.8 Å². The van der Waals surface area contributed by atoms with Gasteiger partial charge in [-0.3, -0.25) is 0 Å². The molecule has 4 heteroatoms. The third-order valence-electron chi connectivity index (χ3n) is 1.92. The lowest BCUT2D eigenvalue weighted by Crippen LogP contribution is -2.11. The summed E-state index contributed by atoms with van der Waals surface area (Å²) in [6, 6.07) is 4.61. The van der Waals surface area contributed by atoms with Crippen LogP contribution in [-0.2, 0) is 0 Å². The molecule has 0 aliphatic heterocycles. The average Bonchev–Trinajstić information content (AvgIpc) is 2.10. The van der Waals surface area contributed by atoms with Crippen LogP contribution in [0.4, 0.5) is 5.69 Å². The second-order valence-electron chi connectivity index (χ2n) is 2.94. The van der Waals surface area contributed by atoms with Gasteiger partial charge in [0.2, 0.25) is 0 Å². The molecule has 0 saturated carbocycles. The summed E-state index contributed by atoms with van der Waals surface area (Å²) in [6.07, 6.45) is 0.476. The van der Waals surface area contributed by atoms with E-state index in [1.54, 1.807) is 12.1 Å². The van der Waals surface area contributed by atoms with Gasteiger partial charge in [-0.25, -0.2) is 0 Å². The second-order valence-corrected chi connectivity index (χ2v) is 2.94. The molecule has 1 rings (SSSR count). The highest BCUT2D eigenvalue weighted by molar-refractivity contribution is 5.53. The van der Waals surface area contributed by atoms with Crippen molar-refractivity contribution >= 4 is 5.69 Å². The first-order valence-corrected chi connectivity index (χ1v) is 4.10. The first-order valence-electron chi connectivity index (χ1n) is 4.10. The first-order chi connectivity index (χ1) is 6.15. The van der Waals surface area contributed by atoms with E-state index >= 15 is 0 Å². The molecule has 13 heavy (non-hydrogen) atoms.